The molecule has 4 aromatic rings. The number of imidazole rings is 1. The topological polar surface area (TPSA) is 113 Å². The zero-order valence-electron chi connectivity index (χ0n) is 13.4. The summed E-state index contributed by atoms with van der Waals surface area (Å²) in [5, 5.41) is 14.7. The summed E-state index contributed by atoms with van der Waals surface area (Å²) < 4.78 is 7.07. The lowest BCUT2D eigenvalue weighted by atomic mass is 10.2. The van der Waals surface area contributed by atoms with Crippen LogP contribution in [0.2, 0.25) is 0 Å². The minimum Gasteiger partial charge on any atom is -0.338 e. The summed E-state index contributed by atoms with van der Waals surface area (Å²) >= 11 is 0. The van der Waals surface area contributed by atoms with E-state index in [0.717, 1.165) is 16.9 Å². The highest BCUT2D eigenvalue weighted by Gasteiger charge is 2.53. The third kappa shape index (κ3) is 2.32. The predicted octanol–water partition coefficient (Wildman–Crippen LogP) is 2.60. The SMILES string of the molecule is O=[N+]([O-])[C@H]1C[C@@H]1c1nc(-c2ccc(-n3cnc4ccccc43)nc2)no1. The Morgan fingerprint density at radius 3 is 2.85 bits per heavy atom. The lowest BCUT2D eigenvalue weighted by Gasteiger charge is -2.03. The first-order chi connectivity index (χ1) is 12.7. The van der Waals surface area contributed by atoms with Crippen molar-refractivity contribution in [2.24, 2.45) is 0 Å². The molecule has 1 aliphatic carbocycles. The fourth-order valence-electron chi connectivity index (χ4n) is 2.99. The van der Waals surface area contributed by atoms with Crippen molar-refractivity contribution in [2.45, 2.75) is 18.4 Å². The molecule has 1 aromatic carbocycles. The van der Waals surface area contributed by atoms with E-state index in [1.54, 1.807) is 12.5 Å². The lowest BCUT2D eigenvalue weighted by molar-refractivity contribution is -0.496. The molecule has 2 atom stereocenters. The van der Waals surface area contributed by atoms with Gasteiger partial charge >= 0.3 is 0 Å². The van der Waals surface area contributed by atoms with Crippen molar-refractivity contribution in [1.82, 2.24) is 24.7 Å². The third-order valence-corrected chi connectivity index (χ3v) is 4.49. The summed E-state index contributed by atoms with van der Waals surface area (Å²) in [5.74, 6) is 1.13. The quantitative estimate of drug-likeness (QED) is 0.411. The number of fused-ring (bicyclic) bond motifs is 1. The van der Waals surface area contributed by atoms with Crippen LogP contribution in [0.1, 0.15) is 18.2 Å². The zero-order chi connectivity index (χ0) is 17.7. The van der Waals surface area contributed by atoms with Crippen LogP contribution in [0.4, 0.5) is 0 Å². The minimum absolute atomic E-state index is 0.282. The number of pyridine rings is 1. The summed E-state index contributed by atoms with van der Waals surface area (Å²) in [6.07, 6.45) is 3.82. The first kappa shape index (κ1) is 14.7. The average molecular weight is 348 g/mol. The highest BCUT2D eigenvalue weighted by atomic mass is 16.6. The summed E-state index contributed by atoms with van der Waals surface area (Å²) in [6.45, 7) is 0. The molecule has 0 saturated heterocycles. The molecule has 0 unspecified atom stereocenters. The molecule has 0 spiro atoms. The van der Waals surface area contributed by atoms with Crippen molar-refractivity contribution in [3.8, 4) is 17.2 Å². The first-order valence-corrected chi connectivity index (χ1v) is 8.07. The maximum atomic E-state index is 10.8. The van der Waals surface area contributed by atoms with Gasteiger partial charge in [-0.3, -0.25) is 14.7 Å². The largest absolute Gasteiger partial charge is 0.338 e. The number of hydrogen-bond acceptors (Lipinski definition) is 7. The minimum atomic E-state index is -0.613. The third-order valence-electron chi connectivity index (χ3n) is 4.49. The Morgan fingerprint density at radius 2 is 2.08 bits per heavy atom. The van der Waals surface area contributed by atoms with Crippen LogP contribution in [0, 0.1) is 10.1 Å². The Hall–Kier alpha value is -3.62. The van der Waals surface area contributed by atoms with E-state index in [9.17, 15) is 10.1 Å². The van der Waals surface area contributed by atoms with Gasteiger partial charge in [-0.2, -0.15) is 4.98 Å². The van der Waals surface area contributed by atoms with E-state index >= 15 is 0 Å². The number of rotatable bonds is 4. The number of benzene rings is 1. The molecule has 0 aliphatic heterocycles. The van der Waals surface area contributed by atoms with E-state index in [0.29, 0.717) is 23.7 Å². The van der Waals surface area contributed by atoms with Crippen molar-refractivity contribution in [3.05, 3.63) is 64.9 Å². The number of para-hydroxylation sites is 2. The maximum Gasteiger partial charge on any atom is 0.237 e. The van der Waals surface area contributed by atoms with E-state index in [2.05, 4.69) is 20.1 Å². The van der Waals surface area contributed by atoms with Crippen LogP contribution in [0.5, 0.6) is 0 Å². The fourth-order valence-corrected chi connectivity index (χ4v) is 2.99. The Labute approximate surface area is 146 Å². The molecule has 3 heterocycles. The second kappa shape index (κ2) is 5.45. The van der Waals surface area contributed by atoms with Crippen LogP contribution in [0.15, 0.2) is 53.4 Å². The summed E-state index contributed by atoms with van der Waals surface area (Å²) in [4.78, 5) is 23.5. The molecule has 0 bridgehead atoms. The summed E-state index contributed by atoms with van der Waals surface area (Å²) in [5.41, 5.74) is 2.55. The average Bonchev–Trinajstić information content (AvgIpc) is 3.13. The van der Waals surface area contributed by atoms with Crippen molar-refractivity contribution < 1.29 is 9.45 Å². The molecular formula is C17H12N6O3. The van der Waals surface area contributed by atoms with Gasteiger partial charge in [0.2, 0.25) is 17.8 Å². The van der Waals surface area contributed by atoms with Gasteiger partial charge in [0.25, 0.3) is 0 Å². The molecule has 5 rings (SSSR count). The molecule has 1 aliphatic rings. The van der Waals surface area contributed by atoms with Crippen LogP contribution >= 0.6 is 0 Å². The Bertz CT molecular complexity index is 1120. The van der Waals surface area contributed by atoms with E-state index in [1.807, 2.05) is 41.0 Å². The monoisotopic (exact) mass is 348 g/mol. The van der Waals surface area contributed by atoms with Gasteiger partial charge in [-0.05, 0) is 24.3 Å². The molecule has 9 heteroatoms. The molecule has 1 saturated carbocycles. The van der Waals surface area contributed by atoms with E-state index in [1.165, 1.54) is 0 Å². The summed E-state index contributed by atoms with van der Waals surface area (Å²) in [6, 6.07) is 10.9. The molecule has 0 radical (unpaired) electrons. The number of aromatic nitrogens is 5. The number of nitro groups is 1. The smallest absolute Gasteiger partial charge is 0.237 e. The van der Waals surface area contributed by atoms with Gasteiger partial charge in [0.15, 0.2) is 0 Å². The first-order valence-electron chi connectivity index (χ1n) is 8.07. The van der Waals surface area contributed by atoms with Crippen molar-refractivity contribution >= 4 is 11.0 Å². The highest BCUT2D eigenvalue weighted by molar-refractivity contribution is 5.76. The van der Waals surface area contributed by atoms with E-state index in [4.69, 9.17) is 4.52 Å². The van der Waals surface area contributed by atoms with Crippen molar-refractivity contribution in [2.75, 3.05) is 0 Å². The zero-order valence-corrected chi connectivity index (χ0v) is 13.4. The molecular weight excluding hydrogens is 336 g/mol. The van der Waals surface area contributed by atoms with Crippen LogP contribution in [-0.4, -0.2) is 35.6 Å². The number of hydrogen-bond donors (Lipinski definition) is 0. The summed E-state index contributed by atoms with van der Waals surface area (Å²) in [7, 11) is 0. The molecule has 0 amide bonds. The maximum absolute atomic E-state index is 10.8. The number of nitrogens with zero attached hydrogens (tertiary/aromatic N) is 6. The molecule has 1 fully saturated rings. The van der Waals surface area contributed by atoms with Gasteiger partial charge < -0.3 is 4.52 Å². The normalized spacial score (nSPS) is 18.9. The molecule has 3 aromatic heterocycles. The lowest BCUT2D eigenvalue weighted by Crippen LogP contribution is -2.02. The molecule has 9 nitrogen and oxygen atoms in total. The Balaban J connectivity index is 1.42. The van der Waals surface area contributed by atoms with Crippen molar-refractivity contribution in [3.63, 3.8) is 0 Å². The van der Waals surface area contributed by atoms with Crippen molar-refractivity contribution in [1.29, 1.82) is 0 Å². The van der Waals surface area contributed by atoms with Gasteiger partial charge in [-0.15, -0.1) is 0 Å². The van der Waals surface area contributed by atoms with Crippen LogP contribution in [0.3, 0.4) is 0 Å². The van der Waals surface area contributed by atoms with Gasteiger partial charge in [0, 0.05) is 23.1 Å². The second-order valence-electron chi connectivity index (χ2n) is 6.16. The standard InChI is InChI=1S/C17H12N6O3/c24-23(25)14-7-11(14)17-20-16(21-26-17)10-5-6-15(18-8-10)22-9-19-12-3-1-2-4-13(12)22/h1-6,8-9,11,14H,7H2/t11-,14-/m0/s1. The Kier molecular flexibility index (Phi) is 3.08. The van der Waals surface area contributed by atoms with Crippen LogP contribution in [0.25, 0.3) is 28.2 Å². The molecule has 128 valence electrons. The fraction of sp³-hybridized carbons (Fsp3) is 0.176. The Morgan fingerprint density at radius 1 is 1.19 bits per heavy atom. The van der Waals surface area contributed by atoms with Crippen LogP contribution in [-0.2, 0) is 0 Å². The van der Waals surface area contributed by atoms with Gasteiger partial charge in [0.05, 0.1) is 11.0 Å². The van der Waals surface area contributed by atoms with E-state index in [-0.39, 0.29) is 10.8 Å². The highest BCUT2D eigenvalue weighted by Crippen LogP contribution is 2.42. The second-order valence-corrected chi connectivity index (χ2v) is 6.16. The van der Waals surface area contributed by atoms with Gasteiger partial charge in [0.1, 0.15) is 18.1 Å². The molecule has 0 N–H and O–H groups in total. The molecule has 26 heavy (non-hydrogen) atoms. The van der Waals surface area contributed by atoms with Gasteiger partial charge in [-0.25, -0.2) is 9.97 Å². The van der Waals surface area contributed by atoms with Crippen LogP contribution < -0.4 is 0 Å². The van der Waals surface area contributed by atoms with Gasteiger partial charge in [-0.1, -0.05) is 17.3 Å². The predicted molar refractivity (Wildman–Crippen MR) is 90.3 cm³/mol. The van der Waals surface area contributed by atoms with E-state index < -0.39 is 6.04 Å².